The lowest BCUT2D eigenvalue weighted by Crippen LogP contribution is -2.52. The third-order valence-corrected chi connectivity index (χ3v) is 7.90. The fourth-order valence-electron chi connectivity index (χ4n) is 3.89. The molecule has 3 aromatic rings. The molecule has 39 heavy (non-hydrogen) atoms. The number of halogens is 1. The minimum Gasteiger partial charge on any atom is -0.497 e. The minimum atomic E-state index is -4.18. The molecule has 1 atom stereocenters. The highest BCUT2D eigenvalue weighted by Crippen LogP contribution is 2.26. The molecule has 10 heteroatoms. The highest BCUT2D eigenvalue weighted by molar-refractivity contribution is 7.92. The van der Waals surface area contributed by atoms with Gasteiger partial charge in [0.2, 0.25) is 11.8 Å². The molecule has 3 rings (SSSR count). The van der Waals surface area contributed by atoms with Crippen molar-refractivity contribution in [1.82, 2.24) is 10.2 Å². The van der Waals surface area contributed by atoms with Crippen LogP contribution in [0.25, 0.3) is 0 Å². The smallest absolute Gasteiger partial charge is 0.264 e. The van der Waals surface area contributed by atoms with Gasteiger partial charge in [-0.25, -0.2) is 12.8 Å². The quantitative estimate of drug-likeness (QED) is 0.381. The summed E-state index contributed by atoms with van der Waals surface area (Å²) in [6.07, 6.45) is 0. The first-order valence-electron chi connectivity index (χ1n) is 12.5. The van der Waals surface area contributed by atoms with Gasteiger partial charge in [0, 0.05) is 12.6 Å². The third-order valence-electron chi connectivity index (χ3n) is 6.11. The molecule has 0 spiro atoms. The number of carbonyl (C=O) groups is 2. The number of hydrogen-bond acceptors (Lipinski definition) is 5. The van der Waals surface area contributed by atoms with Gasteiger partial charge in [-0.1, -0.05) is 29.8 Å². The number of benzene rings is 3. The second kappa shape index (κ2) is 12.8. The molecule has 0 heterocycles. The summed E-state index contributed by atoms with van der Waals surface area (Å²) in [6, 6.07) is 17.1. The first kappa shape index (κ1) is 29.6. The summed E-state index contributed by atoms with van der Waals surface area (Å²) in [7, 11) is -2.70. The average Bonchev–Trinajstić information content (AvgIpc) is 2.91. The molecule has 0 aliphatic heterocycles. The van der Waals surface area contributed by atoms with E-state index in [2.05, 4.69) is 5.32 Å². The minimum absolute atomic E-state index is 0.0177. The predicted molar refractivity (Wildman–Crippen MR) is 148 cm³/mol. The van der Waals surface area contributed by atoms with E-state index in [4.69, 9.17) is 4.74 Å². The number of hydrogen-bond donors (Lipinski definition) is 1. The number of carbonyl (C=O) groups excluding carboxylic acids is 2. The summed E-state index contributed by atoms with van der Waals surface area (Å²) in [5, 5.41) is 2.79. The van der Waals surface area contributed by atoms with Crippen molar-refractivity contribution >= 4 is 27.5 Å². The molecule has 208 valence electrons. The first-order valence-corrected chi connectivity index (χ1v) is 13.9. The van der Waals surface area contributed by atoms with Crippen LogP contribution < -0.4 is 14.4 Å². The number of methoxy groups -OCH3 is 1. The lowest BCUT2D eigenvalue weighted by atomic mass is 10.1. The number of ether oxygens (including phenoxy) is 1. The van der Waals surface area contributed by atoms with Crippen LogP contribution in [0.4, 0.5) is 10.1 Å². The lowest BCUT2D eigenvalue weighted by molar-refractivity contribution is -0.139. The van der Waals surface area contributed by atoms with E-state index in [-0.39, 0.29) is 23.4 Å². The standard InChI is InChI=1S/C29H34FN3O5S/c1-20(2)31-29(35)22(4)32(18-23-8-10-24(30)11-9-23)28(34)19-33(25-12-6-21(3)7-13-25)39(36,37)27-16-14-26(38-5)15-17-27/h6-17,20,22H,18-19H2,1-5H3,(H,31,35). The van der Waals surface area contributed by atoms with Crippen LogP contribution in [0.1, 0.15) is 31.9 Å². The summed E-state index contributed by atoms with van der Waals surface area (Å²) < 4.78 is 47.3. The summed E-state index contributed by atoms with van der Waals surface area (Å²) in [6.45, 7) is 6.48. The molecular weight excluding hydrogens is 521 g/mol. The van der Waals surface area contributed by atoms with Gasteiger partial charge in [0.05, 0.1) is 17.7 Å². The van der Waals surface area contributed by atoms with Crippen molar-refractivity contribution in [3.05, 3.63) is 89.7 Å². The second-order valence-electron chi connectivity index (χ2n) is 9.51. The van der Waals surface area contributed by atoms with Gasteiger partial charge in [-0.05, 0) is 81.8 Å². The van der Waals surface area contributed by atoms with Crippen LogP contribution in [0.15, 0.2) is 77.7 Å². The molecule has 0 saturated heterocycles. The number of anilines is 1. The Kier molecular flexibility index (Phi) is 9.69. The number of sulfonamides is 1. The molecule has 3 aromatic carbocycles. The van der Waals surface area contributed by atoms with Crippen LogP contribution in [0, 0.1) is 12.7 Å². The monoisotopic (exact) mass is 555 g/mol. The van der Waals surface area contributed by atoms with Gasteiger partial charge in [0.1, 0.15) is 24.2 Å². The molecular formula is C29H34FN3O5S. The van der Waals surface area contributed by atoms with Crippen LogP contribution in [-0.4, -0.2) is 50.9 Å². The summed E-state index contributed by atoms with van der Waals surface area (Å²) in [4.78, 5) is 28.0. The lowest BCUT2D eigenvalue weighted by Gasteiger charge is -2.32. The van der Waals surface area contributed by atoms with Gasteiger partial charge in [-0.15, -0.1) is 0 Å². The SMILES string of the molecule is COc1ccc(S(=O)(=O)N(CC(=O)N(Cc2ccc(F)cc2)C(C)C(=O)NC(C)C)c2ccc(C)cc2)cc1. The average molecular weight is 556 g/mol. The highest BCUT2D eigenvalue weighted by atomic mass is 32.2. The Morgan fingerprint density at radius 1 is 0.923 bits per heavy atom. The van der Waals surface area contributed by atoms with Crippen molar-refractivity contribution in [2.24, 2.45) is 0 Å². The highest BCUT2D eigenvalue weighted by Gasteiger charge is 2.32. The van der Waals surface area contributed by atoms with Crippen LogP contribution in [0.5, 0.6) is 5.75 Å². The maximum Gasteiger partial charge on any atom is 0.264 e. The Labute approximate surface area is 229 Å². The summed E-state index contributed by atoms with van der Waals surface area (Å²) in [5.41, 5.74) is 1.81. The van der Waals surface area contributed by atoms with Crippen molar-refractivity contribution < 1.29 is 27.1 Å². The van der Waals surface area contributed by atoms with E-state index in [1.165, 1.54) is 60.5 Å². The molecule has 0 saturated carbocycles. The molecule has 0 radical (unpaired) electrons. The zero-order valence-corrected chi connectivity index (χ0v) is 23.5. The Balaban J connectivity index is 2.02. The van der Waals surface area contributed by atoms with Gasteiger partial charge >= 0.3 is 0 Å². The number of rotatable bonds is 11. The van der Waals surface area contributed by atoms with Gasteiger partial charge in [0.15, 0.2) is 0 Å². The van der Waals surface area contributed by atoms with Crippen molar-refractivity contribution in [2.45, 2.75) is 51.2 Å². The predicted octanol–water partition coefficient (Wildman–Crippen LogP) is 4.28. The molecule has 1 N–H and O–H groups in total. The Morgan fingerprint density at radius 3 is 2.05 bits per heavy atom. The van der Waals surface area contributed by atoms with Gasteiger partial charge in [0.25, 0.3) is 10.0 Å². The topological polar surface area (TPSA) is 96.0 Å². The van der Waals surface area contributed by atoms with Crippen molar-refractivity contribution in [1.29, 1.82) is 0 Å². The molecule has 0 aliphatic carbocycles. The Bertz CT molecular complexity index is 1380. The molecule has 0 aromatic heterocycles. The molecule has 2 amide bonds. The molecule has 0 bridgehead atoms. The summed E-state index contributed by atoms with van der Waals surface area (Å²) >= 11 is 0. The van der Waals surface area contributed by atoms with E-state index in [9.17, 15) is 22.4 Å². The van der Waals surface area contributed by atoms with E-state index in [1.54, 1.807) is 45.0 Å². The number of nitrogens with zero attached hydrogens (tertiary/aromatic N) is 2. The molecule has 8 nitrogen and oxygen atoms in total. The fraction of sp³-hybridized carbons (Fsp3) is 0.310. The van der Waals surface area contributed by atoms with Crippen LogP contribution >= 0.6 is 0 Å². The van der Waals surface area contributed by atoms with E-state index >= 15 is 0 Å². The zero-order valence-electron chi connectivity index (χ0n) is 22.7. The van der Waals surface area contributed by atoms with E-state index in [1.807, 2.05) is 6.92 Å². The van der Waals surface area contributed by atoms with Crippen LogP contribution in [0.2, 0.25) is 0 Å². The molecule has 1 unspecified atom stereocenters. The third kappa shape index (κ3) is 7.57. The Morgan fingerprint density at radius 2 is 1.51 bits per heavy atom. The largest absolute Gasteiger partial charge is 0.497 e. The van der Waals surface area contributed by atoms with Crippen LogP contribution in [-0.2, 0) is 26.2 Å². The Hall–Kier alpha value is -3.92. The zero-order chi connectivity index (χ0) is 28.7. The number of amides is 2. The van der Waals surface area contributed by atoms with E-state index in [0.29, 0.717) is 17.0 Å². The van der Waals surface area contributed by atoms with Gasteiger partial charge in [-0.2, -0.15) is 0 Å². The normalized spacial score (nSPS) is 12.1. The first-order chi connectivity index (χ1) is 18.4. The second-order valence-corrected chi connectivity index (χ2v) is 11.4. The van der Waals surface area contributed by atoms with E-state index < -0.39 is 34.3 Å². The van der Waals surface area contributed by atoms with Crippen molar-refractivity contribution in [2.75, 3.05) is 18.0 Å². The van der Waals surface area contributed by atoms with E-state index in [0.717, 1.165) is 9.87 Å². The summed E-state index contributed by atoms with van der Waals surface area (Å²) in [5.74, 6) is -0.926. The van der Waals surface area contributed by atoms with Gasteiger partial charge < -0.3 is 15.0 Å². The van der Waals surface area contributed by atoms with Gasteiger partial charge in [-0.3, -0.25) is 13.9 Å². The van der Waals surface area contributed by atoms with Crippen molar-refractivity contribution in [3.63, 3.8) is 0 Å². The van der Waals surface area contributed by atoms with Crippen LogP contribution in [0.3, 0.4) is 0 Å². The molecule has 0 fully saturated rings. The molecule has 0 aliphatic rings. The maximum absolute atomic E-state index is 13.8. The fourth-order valence-corrected chi connectivity index (χ4v) is 5.30. The van der Waals surface area contributed by atoms with Crippen molar-refractivity contribution in [3.8, 4) is 5.75 Å². The number of aryl methyl sites for hydroxylation is 1. The number of nitrogens with one attached hydrogen (secondary N) is 1. The maximum atomic E-state index is 13.8.